The lowest BCUT2D eigenvalue weighted by molar-refractivity contribution is 0.599. The van der Waals surface area contributed by atoms with Gasteiger partial charge in [0.2, 0.25) is 10.0 Å². The molecule has 0 fully saturated rings. The van der Waals surface area contributed by atoms with Gasteiger partial charge in [-0.25, -0.2) is 13.6 Å². The standard InChI is InChI=1S/C8H11NO2S/c1-7-5-3-2-4-6-8(7)12(9,10)11/h2-7H,1H3,(H2,9,10,11). The van der Waals surface area contributed by atoms with Crippen LogP contribution in [0.3, 0.4) is 0 Å². The van der Waals surface area contributed by atoms with Gasteiger partial charge in [0, 0.05) is 5.92 Å². The second-order valence-corrected chi connectivity index (χ2v) is 4.23. The van der Waals surface area contributed by atoms with Crippen molar-refractivity contribution < 1.29 is 8.42 Å². The molecule has 1 unspecified atom stereocenters. The molecule has 0 heterocycles. The van der Waals surface area contributed by atoms with Gasteiger partial charge in [-0.3, -0.25) is 0 Å². The topological polar surface area (TPSA) is 60.2 Å². The Bertz CT molecular complexity index is 349. The van der Waals surface area contributed by atoms with Gasteiger partial charge in [0.25, 0.3) is 0 Å². The minimum Gasteiger partial charge on any atom is -0.225 e. The lowest BCUT2D eigenvalue weighted by Crippen LogP contribution is -2.18. The number of sulfonamides is 1. The third-order valence-electron chi connectivity index (χ3n) is 1.66. The molecule has 0 aromatic rings. The Hall–Kier alpha value is -0.870. The quantitative estimate of drug-likeness (QED) is 0.660. The smallest absolute Gasteiger partial charge is 0.225 e. The maximum Gasteiger partial charge on any atom is 0.234 e. The molecule has 0 aromatic carbocycles. The fourth-order valence-corrected chi connectivity index (χ4v) is 1.91. The molecular formula is C8H11NO2S. The van der Waals surface area contributed by atoms with Gasteiger partial charge in [-0.1, -0.05) is 31.2 Å². The monoisotopic (exact) mass is 185 g/mol. The first-order valence-electron chi connectivity index (χ1n) is 3.59. The number of hydrogen-bond donors (Lipinski definition) is 1. The Morgan fingerprint density at radius 2 is 2.00 bits per heavy atom. The van der Waals surface area contributed by atoms with Gasteiger partial charge in [-0.05, 0) is 6.08 Å². The van der Waals surface area contributed by atoms with Crippen molar-refractivity contribution in [1.29, 1.82) is 0 Å². The highest BCUT2D eigenvalue weighted by Crippen LogP contribution is 2.18. The van der Waals surface area contributed by atoms with Gasteiger partial charge in [0.15, 0.2) is 0 Å². The van der Waals surface area contributed by atoms with E-state index in [1.165, 1.54) is 6.08 Å². The van der Waals surface area contributed by atoms with E-state index in [1.54, 1.807) is 31.2 Å². The number of nitrogens with two attached hydrogens (primary N) is 1. The third-order valence-corrected chi connectivity index (χ3v) is 2.82. The summed E-state index contributed by atoms with van der Waals surface area (Å²) < 4.78 is 22.0. The van der Waals surface area contributed by atoms with Crippen LogP contribution in [0.2, 0.25) is 0 Å². The van der Waals surface area contributed by atoms with E-state index in [9.17, 15) is 8.42 Å². The molecular weight excluding hydrogens is 174 g/mol. The van der Waals surface area contributed by atoms with Crippen molar-refractivity contribution in [1.82, 2.24) is 0 Å². The fraction of sp³-hybridized carbons (Fsp3) is 0.250. The molecule has 2 N–H and O–H groups in total. The summed E-state index contributed by atoms with van der Waals surface area (Å²) in [5, 5.41) is 5.01. The van der Waals surface area contributed by atoms with Gasteiger partial charge in [0.05, 0.1) is 4.91 Å². The van der Waals surface area contributed by atoms with Crippen LogP contribution in [-0.4, -0.2) is 8.42 Å². The number of rotatable bonds is 1. The highest BCUT2D eigenvalue weighted by Gasteiger charge is 2.16. The summed E-state index contributed by atoms with van der Waals surface area (Å²) in [5.41, 5.74) is 0. The zero-order valence-corrected chi connectivity index (χ0v) is 7.58. The summed E-state index contributed by atoms with van der Waals surface area (Å²) in [6.07, 6.45) is 8.56. The van der Waals surface area contributed by atoms with Crippen LogP contribution in [-0.2, 0) is 10.0 Å². The molecule has 0 saturated carbocycles. The second kappa shape index (κ2) is 3.25. The molecule has 0 aliphatic heterocycles. The van der Waals surface area contributed by atoms with E-state index in [0.29, 0.717) is 0 Å². The average molecular weight is 185 g/mol. The first kappa shape index (κ1) is 9.22. The molecule has 12 heavy (non-hydrogen) atoms. The Morgan fingerprint density at radius 3 is 2.58 bits per heavy atom. The van der Waals surface area contributed by atoms with Crippen LogP contribution in [0.5, 0.6) is 0 Å². The highest BCUT2D eigenvalue weighted by atomic mass is 32.2. The Morgan fingerprint density at radius 1 is 1.33 bits per heavy atom. The lowest BCUT2D eigenvalue weighted by Gasteiger charge is -2.07. The van der Waals surface area contributed by atoms with Crippen molar-refractivity contribution in [2.24, 2.45) is 11.1 Å². The second-order valence-electron chi connectivity index (χ2n) is 2.67. The Kier molecular flexibility index (Phi) is 2.49. The zero-order chi connectivity index (χ0) is 9.19. The van der Waals surface area contributed by atoms with Gasteiger partial charge in [-0.15, -0.1) is 0 Å². The summed E-state index contributed by atoms with van der Waals surface area (Å²) >= 11 is 0. The minimum absolute atomic E-state index is 0.144. The van der Waals surface area contributed by atoms with E-state index in [4.69, 9.17) is 5.14 Å². The van der Waals surface area contributed by atoms with Crippen molar-refractivity contribution in [3.8, 4) is 0 Å². The molecule has 3 nitrogen and oxygen atoms in total. The van der Waals surface area contributed by atoms with E-state index >= 15 is 0 Å². The molecule has 0 amide bonds. The number of hydrogen-bond acceptors (Lipinski definition) is 2. The normalized spacial score (nSPS) is 23.5. The molecule has 4 heteroatoms. The van der Waals surface area contributed by atoms with E-state index in [1.807, 2.05) is 0 Å². The highest BCUT2D eigenvalue weighted by molar-refractivity contribution is 7.93. The van der Waals surface area contributed by atoms with E-state index in [0.717, 1.165) is 0 Å². The lowest BCUT2D eigenvalue weighted by atomic mass is 10.1. The predicted molar refractivity (Wildman–Crippen MR) is 48.6 cm³/mol. The number of primary sulfonamides is 1. The van der Waals surface area contributed by atoms with Crippen molar-refractivity contribution in [2.75, 3.05) is 0 Å². The van der Waals surface area contributed by atoms with Crippen LogP contribution < -0.4 is 5.14 Å². The van der Waals surface area contributed by atoms with Gasteiger partial charge in [0.1, 0.15) is 0 Å². The van der Waals surface area contributed by atoms with Crippen molar-refractivity contribution in [2.45, 2.75) is 6.92 Å². The predicted octanol–water partition coefficient (Wildman–Crippen LogP) is 0.921. The molecule has 0 bridgehead atoms. The van der Waals surface area contributed by atoms with Gasteiger partial charge >= 0.3 is 0 Å². The average Bonchev–Trinajstić information content (AvgIpc) is 2.11. The summed E-state index contributed by atoms with van der Waals surface area (Å²) in [7, 11) is -3.54. The summed E-state index contributed by atoms with van der Waals surface area (Å²) in [6.45, 7) is 1.79. The summed E-state index contributed by atoms with van der Waals surface area (Å²) in [4.78, 5) is 0.257. The Labute approximate surface area is 72.3 Å². The van der Waals surface area contributed by atoms with E-state index in [-0.39, 0.29) is 10.8 Å². The van der Waals surface area contributed by atoms with Crippen molar-refractivity contribution in [3.63, 3.8) is 0 Å². The molecule has 1 aliphatic rings. The first-order valence-corrected chi connectivity index (χ1v) is 5.14. The fourth-order valence-electron chi connectivity index (χ4n) is 1.05. The molecule has 0 saturated heterocycles. The van der Waals surface area contributed by atoms with Crippen LogP contribution in [0, 0.1) is 5.92 Å². The van der Waals surface area contributed by atoms with E-state index in [2.05, 4.69) is 0 Å². The minimum atomic E-state index is -3.54. The molecule has 66 valence electrons. The van der Waals surface area contributed by atoms with Crippen molar-refractivity contribution in [3.05, 3.63) is 35.3 Å². The van der Waals surface area contributed by atoms with Crippen LogP contribution in [0.25, 0.3) is 0 Å². The first-order chi connectivity index (χ1) is 5.52. The van der Waals surface area contributed by atoms with Crippen molar-refractivity contribution >= 4 is 10.0 Å². The van der Waals surface area contributed by atoms with Crippen LogP contribution in [0.1, 0.15) is 6.92 Å². The molecule has 1 aliphatic carbocycles. The van der Waals surface area contributed by atoms with Gasteiger partial charge < -0.3 is 0 Å². The molecule has 1 rings (SSSR count). The largest absolute Gasteiger partial charge is 0.234 e. The van der Waals surface area contributed by atoms with Crippen LogP contribution in [0.15, 0.2) is 35.3 Å². The molecule has 0 spiro atoms. The zero-order valence-electron chi connectivity index (χ0n) is 6.77. The number of allylic oxidation sites excluding steroid dienone is 6. The van der Waals surface area contributed by atoms with Crippen LogP contribution >= 0.6 is 0 Å². The summed E-state index contributed by atoms with van der Waals surface area (Å²) in [5.74, 6) is -0.144. The SMILES string of the molecule is CC1C=CC=CC=C1S(N)(=O)=O. The maximum atomic E-state index is 11.0. The van der Waals surface area contributed by atoms with Crippen LogP contribution in [0.4, 0.5) is 0 Å². The molecule has 1 atom stereocenters. The summed E-state index contributed by atoms with van der Waals surface area (Å²) in [6, 6.07) is 0. The molecule has 0 aromatic heterocycles. The third kappa shape index (κ3) is 2.06. The molecule has 0 radical (unpaired) electrons. The van der Waals surface area contributed by atoms with E-state index < -0.39 is 10.0 Å². The Balaban J connectivity index is 3.12. The van der Waals surface area contributed by atoms with Gasteiger partial charge in [-0.2, -0.15) is 0 Å². The maximum absolute atomic E-state index is 11.0.